The van der Waals surface area contributed by atoms with Crippen LogP contribution in [0.25, 0.3) is 5.69 Å². The van der Waals surface area contributed by atoms with Crippen LogP contribution in [0.15, 0.2) is 18.2 Å². The Hall–Kier alpha value is -1.19. The van der Waals surface area contributed by atoms with Gasteiger partial charge in [0, 0.05) is 10.0 Å². The Morgan fingerprint density at radius 3 is 2.12 bits per heavy atom. The monoisotopic (exact) mass is 255 g/mol. The zero-order valence-electron chi connectivity index (χ0n) is 8.96. The highest BCUT2D eigenvalue weighted by atomic mass is 35.5. The molecule has 3 nitrogen and oxygen atoms in total. The van der Waals surface area contributed by atoms with Gasteiger partial charge in [0.2, 0.25) is 0 Å². The van der Waals surface area contributed by atoms with Crippen LogP contribution < -0.4 is 5.73 Å². The van der Waals surface area contributed by atoms with Gasteiger partial charge in [0.25, 0.3) is 0 Å². The van der Waals surface area contributed by atoms with E-state index in [1.165, 1.54) is 0 Å². The lowest BCUT2D eigenvalue weighted by atomic mass is 10.3. The second-order valence-electron chi connectivity index (χ2n) is 3.62. The summed E-state index contributed by atoms with van der Waals surface area (Å²) in [4.78, 5) is 0. The summed E-state index contributed by atoms with van der Waals surface area (Å²) in [5, 5.41) is 5.49. The number of aromatic nitrogens is 2. The molecule has 0 spiro atoms. The van der Waals surface area contributed by atoms with Crippen molar-refractivity contribution in [3.63, 3.8) is 0 Å². The molecule has 0 aliphatic carbocycles. The Bertz CT molecular complexity index is 526. The van der Waals surface area contributed by atoms with Gasteiger partial charge in [0.15, 0.2) is 0 Å². The van der Waals surface area contributed by atoms with Crippen LogP contribution in [0.4, 0.5) is 5.69 Å². The molecule has 0 fully saturated rings. The first-order valence-corrected chi connectivity index (χ1v) is 5.53. The van der Waals surface area contributed by atoms with Crippen molar-refractivity contribution in [1.82, 2.24) is 9.78 Å². The first-order valence-electron chi connectivity index (χ1n) is 4.77. The van der Waals surface area contributed by atoms with E-state index >= 15 is 0 Å². The molecule has 1 aromatic heterocycles. The van der Waals surface area contributed by atoms with E-state index in [9.17, 15) is 0 Å². The van der Waals surface area contributed by atoms with Crippen molar-refractivity contribution in [2.75, 3.05) is 5.73 Å². The molecule has 0 radical (unpaired) electrons. The SMILES string of the molecule is Cc1nn(-c2cc(Cl)cc(Cl)c2)c(C)c1N. The molecule has 0 aliphatic rings. The van der Waals surface area contributed by atoms with Crippen LogP contribution >= 0.6 is 23.2 Å². The fourth-order valence-electron chi connectivity index (χ4n) is 1.57. The minimum Gasteiger partial charge on any atom is -0.396 e. The Balaban J connectivity index is 2.62. The van der Waals surface area contributed by atoms with Crippen LogP contribution in [0.1, 0.15) is 11.4 Å². The lowest BCUT2D eigenvalue weighted by Crippen LogP contribution is -1.99. The Morgan fingerprint density at radius 2 is 1.69 bits per heavy atom. The van der Waals surface area contributed by atoms with Gasteiger partial charge in [-0.05, 0) is 32.0 Å². The summed E-state index contributed by atoms with van der Waals surface area (Å²) in [5.74, 6) is 0. The van der Waals surface area contributed by atoms with Crippen molar-refractivity contribution in [2.24, 2.45) is 0 Å². The van der Waals surface area contributed by atoms with E-state index < -0.39 is 0 Å². The standard InChI is InChI=1S/C11H11Cl2N3/c1-6-11(14)7(2)16(15-6)10-4-8(12)3-9(13)5-10/h3-5H,14H2,1-2H3. The van der Waals surface area contributed by atoms with Gasteiger partial charge in [-0.15, -0.1) is 0 Å². The van der Waals surface area contributed by atoms with E-state index in [0.717, 1.165) is 17.1 Å². The van der Waals surface area contributed by atoms with Crippen molar-refractivity contribution in [2.45, 2.75) is 13.8 Å². The van der Waals surface area contributed by atoms with Crippen LogP contribution in [0.5, 0.6) is 0 Å². The molecule has 5 heteroatoms. The third-order valence-corrected chi connectivity index (χ3v) is 2.88. The number of nitrogens with two attached hydrogens (primary N) is 1. The fraction of sp³-hybridized carbons (Fsp3) is 0.182. The molecule has 0 atom stereocenters. The minimum absolute atomic E-state index is 0.577. The summed E-state index contributed by atoms with van der Waals surface area (Å²) in [6.07, 6.45) is 0. The molecular formula is C11H11Cl2N3. The highest BCUT2D eigenvalue weighted by Gasteiger charge is 2.10. The van der Waals surface area contributed by atoms with E-state index in [-0.39, 0.29) is 0 Å². The summed E-state index contributed by atoms with van der Waals surface area (Å²) >= 11 is 11.9. The molecule has 1 aromatic carbocycles. The third kappa shape index (κ3) is 1.88. The molecule has 0 saturated heterocycles. The largest absolute Gasteiger partial charge is 0.396 e. The van der Waals surface area contributed by atoms with Gasteiger partial charge in [0.05, 0.1) is 22.8 Å². The van der Waals surface area contributed by atoms with Gasteiger partial charge in [-0.25, -0.2) is 4.68 Å². The molecule has 84 valence electrons. The quantitative estimate of drug-likeness (QED) is 0.849. The van der Waals surface area contributed by atoms with E-state index in [4.69, 9.17) is 28.9 Å². The molecule has 0 saturated carbocycles. The van der Waals surface area contributed by atoms with Gasteiger partial charge in [0.1, 0.15) is 0 Å². The molecule has 2 aromatic rings. The van der Waals surface area contributed by atoms with Crippen molar-refractivity contribution in [3.8, 4) is 5.69 Å². The molecule has 0 aliphatic heterocycles. The van der Waals surface area contributed by atoms with E-state index in [2.05, 4.69) is 5.10 Å². The first-order chi connectivity index (χ1) is 7.49. The average molecular weight is 256 g/mol. The van der Waals surface area contributed by atoms with Crippen molar-refractivity contribution in [1.29, 1.82) is 0 Å². The Kier molecular flexibility index (Phi) is 2.82. The molecule has 2 rings (SSSR count). The number of rotatable bonds is 1. The number of benzene rings is 1. The predicted octanol–water partition coefficient (Wildman–Crippen LogP) is 3.38. The smallest absolute Gasteiger partial charge is 0.0830 e. The number of hydrogen-bond donors (Lipinski definition) is 1. The van der Waals surface area contributed by atoms with Crippen molar-refractivity contribution < 1.29 is 0 Å². The maximum atomic E-state index is 5.94. The molecular weight excluding hydrogens is 245 g/mol. The number of halogens is 2. The van der Waals surface area contributed by atoms with Crippen LogP contribution in [-0.4, -0.2) is 9.78 Å². The summed E-state index contributed by atoms with van der Waals surface area (Å²) < 4.78 is 1.74. The average Bonchev–Trinajstić information content (AvgIpc) is 2.44. The zero-order valence-corrected chi connectivity index (χ0v) is 10.5. The lowest BCUT2D eigenvalue weighted by Gasteiger charge is -2.05. The number of anilines is 1. The third-order valence-electron chi connectivity index (χ3n) is 2.44. The zero-order chi connectivity index (χ0) is 11.9. The summed E-state index contributed by atoms with van der Waals surface area (Å²) in [6, 6.07) is 5.28. The van der Waals surface area contributed by atoms with Gasteiger partial charge < -0.3 is 5.73 Å². The van der Waals surface area contributed by atoms with E-state index in [0.29, 0.717) is 15.7 Å². The van der Waals surface area contributed by atoms with Gasteiger partial charge in [-0.3, -0.25) is 0 Å². The Labute approximate surface area is 104 Å². The van der Waals surface area contributed by atoms with Gasteiger partial charge in [-0.2, -0.15) is 5.10 Å². The highest BCUT2D eigenvalue weighted by molar-refractivity contribution is 6.34. The minimum atomic E-state index is 0.577. The summed E-state index contributed by atoms with van der Waals surface area (Å²) in [7, 11) is 0. The van der Waals surface area contributed by atoms with Crippen molar-refractivity contribution >= 4 is 28.9 Å². The number of nitrogen functional groups attached to an aromatic ring is 1. The molecule has 0 amide bonds. The second kappa shape index (κ2) is 4.00. The van der Waals surface area contributed by atoms with Crippen LogP contribution in [-0.2, 0) is 0 Å². The summed E-state index contributed by atoms with van der Waals surface area (Å²) in [5.41, 5.74) is 9.06. The topological polar surface area (TPSA) is 43.8 Å². The second-order valence-corrected chi connectivity index (χ2v) is 4.50. The fourth-order valence-corrected chi connectivity index (χ4v) is 2.08. The highest BCUT2D eigenvalue weighted by Crippen LogP contribution is 2.25. The first kappa shape index (κ1) is 11.3. The Morgan fingerprint density at radius 1 is 1.12 bits per heavy atom. The summed E-state index contributed by atoms with van der Waals surface area (Å²) in [6.45, 7) is 3.77. The number of nitrogens with zero attached hydrogens (tertiary/aromatic N) is 2. The number of hydrogen-bond acceptors (Lipinski definition) is 2. The maximum absolute atomic E-state index is 5.94. The van der Waals surface area contributed by atoms with Crippen LogP contribution in [0.3, 0.4) is 0 Å². The van der Waals surface area contributed by atoms with Crippen LogP contribution in [0.2, 0.25) is 10.0 Å². The molecule has 16 heavy (non-hydrogen) atoms. The van der Waals surface area contributed by atoms with Gasteiger partial charge in [-0.1, -0.05) is 23.2 Å². The number of aryl methyl sites for hydroxylation is 1. The lowest BCUT2D eigenvalue weighted by molar-refractivity contribution is 0.834. The predicted molar refractivity (Wildman–Crippen MR) is 67.5 cm³/mol. The maximum Gasteiger partial charge on any atom is 0.0830 e. The van der Waals surface area contributed by atoms with E-state index in [1.807, 2.05) is 13.8 Å². The van der Waals surface area contributed by atoms with E-state index in [1.54, 1.807) is 22.9 Å². The molecule has 0 unspecified atom stereocenters. The van der Waals surface area contributed by atoms with Gasteiger partial charge >= 0.3 is 0 Å². The van der Waals surface area contributed by atoms with Crippen molar-refractivity contribution in [3.05, 3.63) is 39.6 Å². The normalized spacial score (nSPS) is 10.8. The molecule has 2 N–H and O–H groups in total. The molecule has 1 heterocycles. The molecule has 0 bridgehead atoms. The van der Waals surface area contributed by atoms with Crippen LogP contribution in [0, 0.1) is 13.8 Å².